The van der Waals surface area contributed by atoms with Gasteiger partial charge >= 0.3 is 24.1 Å². The monoisotopic (exact) mass is 1100 g/mol. The van der Waals surface area contributed by atoms with Crippen molar-refractivity contribution < 1.29 is 38.1 Å². The Hall–Kier alpha value is -3.92. The Morgan fingerprint density at radius 1 is 0.525 bits per heavy atom. The normalized spacial score (nSPS) is 35.5. The summed E-state index contributed by atoms with van der Waals surface area (Å²) in [4.78, 5) is 50.3. The molecule has 0 unspecified atom stereocenters. The molecule has 8 rings (SSSR count). The zero-order valence-electron chi connectivity index (χ0n) is 51.7. The molecule has 0 saturated heterocycles. The van der Waals surface area contributed by atoms with Gasteiger partial charge in [-0.3, -0.25) is 9.59 Å². The number of hydrogen-bond donors (Lipinski definition) is 2. The predicted molar refractivity (Wildman–Crippen MR) is 319 cm³/mol. The molecule has 0 bridgehead atoms. The Labute approximate surface area is 485 Å². The van der Waals surface area contributed by atoms with Gasteiger partial charge in [0.1, 0.15) is 12.2 Å². The Bertz CT molecular complexity index is 2170. The van der Waals surface area contributed by atoms with Gasteiger partial charge in [0, 0.05) is 38.8 Å². The summed E-state index contributed by atoms with van der Waals surface area (Å²) in [5.41, 5.74) is 4.43. The first-order valence-electron chi connectivity index (χ1n) is 32.8. The standard InChI is InChI=1S/C70H108N2O8/c1-47(2)19-15-21-49(5)57-29-31-59-55-27-25-51-45-53(33-37-67(51,7)61(55)35-39-69(57,59)9)79-63(73)23-17-41-71-65(75)77-43-13-11-12-14-44-78-66(76)72-42-18-24-64(74)80-54-34-38-68(8)52(46-54)26-28-56-60-32-30-58(50(6)22-16-20-48(3)4)70(60,10)40-36-62(56)68/h25-26,47-50,53-62H,15-24,27-46H2,1-10H3,(H,71,75)(H,72,76)/t49-,50-,53+,54+,55+,56+,57-,58-,59+,60+,61+,62+,67+,68+,69-,70-/m1/s1. The zero-order valence-corrected chi connectivity index (χ0v) is 51.7. The number of hydrogen-bond acceptors (Lipinski definition) is 8. The minimum atomic E-state index is -0.618. The lowest BCUT2D eigenvalue weighted by Crippen LogP contribution is -2.51. The van der Waals surface area contributed by atoms with E-state index in [1.165, 1.54) is 114 Å². The first-order chi connectivity index (χ1) is 38.2. The molecule has 0 aromatic rings. The van der Waals surface area contributed by atoms with E-state index in [0.29, 0.717) is 23.7 Å². The second-order valence-electron chi connectivity index (χ2n) is 29.1. The molecule has 8 aliphatic rings. The van der Waals surface area contributed by atoms with Gasteiger partial charge in [-0.05, 0) is 219 Å². The largest absolute Gasteiger partial charge is 0.462 e. The number of allylic oxidation sites excluding steroid dienone is 2. The third kappa shape index (κ3) is 14.5. The molecule has 0 heterocycles. The quantitative estimate of drug-likeness (QED) is 0.0361. The van der Waals surface area contributed by atoms with Crippen LogP contribution < -0.4 is 10.6 Å². The van der Waals surface area contributed by atoms with Crippen LogP contribution in [0.2, 0.25) is 0 Å². The fraction of sp³-hybridized carbons (Fsp3) is 0.829. The molecule has 446 valence electrons. The molecule has 0 aromatic carbocycles. The van der Waals surface area contributed by atoms with Crippen LogP contribution in [-0.2, 0) is 28.5 Å². The van der Waals surface area contributed by atoms with Gasteiger partial charge in [0.15, 0.2) is 13.2 Å². The maximum atomic E-state index is 12.9. The second-order valence-corrected chi connectivity index (χ2v) is 29.1. The van der Waals surface area contributed by atoms with Gasteiger partial charge in [0.2, 0.25) is 0 Å². The molecule has 10 nitrogen and oxygen atoms in total. The lowest BCUT2D eigenvalue weighted by Gasteiger charge is -2.58. The van der Waals surface area contributed by atoms with E-state index >= 15 is 0 Å². The van der Waals surface area contributed by atoms with E-state index in [2.05, 4.69) is 116 Å². The SMILES string of the molecule is CC(C)CCC[C@@H](C)[C@H]1CC[C@H]2[C@@H]3CC=C4C[C@@H](OC(=O)CCCNC(=O)OCC#CC#CCOC(=O)NCCCC(=O)O[C@H]5CC[C@@]6(C)C(=CC[C@H]7[C@@H]8CC[C@H]([C@H](C)CCCC(C)C)[C@@]8(C)CC[C@@H]76)C5)CC[C@]4(C)[C@H]3CC[C@]12C. The highest BCUT2D eigenvalue weighted by atomic mass is 16.6. The predicted octanol–water partition coefficient (Wildman–Crippen LogP) is 15.9. The Balaban J connectivity index is 0.636. The molecule has 2 amide bonds. The number of alkyl carbamates (subject to hydrolysis) is 2. The summed E-state index contributed by atoms with van der Waals surface area (Å²) in [6.45, 7) is 25.2. The first kappa shape index (κ1) is 62.1. The van der Waals surface area contributed by atoms with Crippen molar-refractivity contribution in [2.24, 2.45) is 92.7 Å². The van der Waals surface area contributed by atoms with Crippen LogP contribution in [0.3, 0.4) is 0 Å². The van der Waals surface area contributed by atoms with Crippen molar-refractivity contribution in [1.29, 1.82) is 0 Å². The van der Waals surface area contributed by atoms with Crippen LogP contribution in [0.4, 0.5) is 9.59 Å². The number of ether oxygens (including phenoxy) is 4. The van der Waals surface area contributed by atoms with Crippen molar-refractivity contribution in [3.8, 4) is 23.7 Å². The van der Waals surface area contributed by atoms with E-state index in [0.717, 1.165) is 110 Å². The van der Waals surface area contributed by atoms with Crippen LogP contribution in [-0.4, -0.2) is 62.6 Å². The van der Waals surface area contributed by atoms with Crippen LogP contribution in [0.15, 0.2) is 23.3 Å². The topological polar surface area (TPSA) is 129 Å². The molecular formula is C70H108N2O8. The Morgan fingerprint density at radius 3 is 1.34 bits per heavy atom. The highest BCUT2D eigenvalue weighted by molar-refractivity contribution is 5.71. The summed E-state index contributed by atoms with van der Waals surface area (Å²) >= 11 is 0. The van der Waals surface area contributed by atoms with Gasteiger partial charge in [-0.15, -0.1) is 0 Å². The third-order valence-electron chi connectivity index (χ3n) is 23.6. The second kappa shape index (κ2) is 27.6. The van der Waals surface area contributed by atoms with Gasteiger partial charge < -0.3 is 29.6 Å². The average Bonchev–Trinajstić information content (AvgIpc) is 4.00. The summed E-state index contributed by atoms with van der Waals surface area (Å²) in [5.74, 6) is 19.7. The highest BCUT2D eigenvalue weighted by Gasteiger charge is 2.61. The lowest BCUT2D eigenvalue weighted by atomic mass is 9.47. The molecule has 6 fully saturated rings. The minimum Gasteiger partial charge on any atom is -0.462 e. The van der Waals surface area contributed by atoms with Gasteiger partial charge in [-0.1, -0.05) is 131 Å². The lowest BCUT2D eigenvalue weighted by molar-refractivity contribution is -0.152. The number of amides is 2. The zero-order chi connectivity index (χ0) is 57.2. The average molecular weight is 1110 g/mol. The van der Waals surface area contributed by atoms with E-state index in [1.807, 2.05) is 0 Å². The molecule has 10 heteroatoms. The molecule has 0 aliphatic heterocycles. The Kier molecular flexibility index (Phi) is 21.5. The number of rotatable bonds is 22. The van der Waals surface area contributed by atoms with Gasteiger partial charge in [0.25, 0.3) is 0 Å². The van der Waals surface area contributed by atoms with E-state index in [1.54, 1.807) is 0 Å². The van der Waals surface area contributed by atoms with Crippen LogP contribution in [0.1, 0.15) is 236 Å². The molecule has 0 aromatic heterocycles. The summed E-state index contributed by atoms with van der Waals surface area (Å²) in [7, 11) is 0. The molecular weight excluding hydrogens is 997 g/mol. The van der Waals surface area contributed by atoms with Crippen molar-refractivity contribution in [2.45, 2.75) is 248 Å². The molecule has 0 spiro atoms. The van der Waals surface area contributed by atoms with E-state index in [4.69, 9.17) is 18.9 Å². The van der Waals surface area contributed by atoms with Crippen molar-refractivity contribution in [3.05, 3.63) is 23.3 Å². The summed E-state index contributed by atoms with van der Waals surface area (Å²) in [5, 5.41) is 5.35. The van der Waals surface area contributed by atoms with E-state index in [-0.39, 0.29) is 74.1 Å². The van der Waals surface area contributed by atoms with Crippen molar-refractivity contribution >= 4 is 24.1 Å². The molecule has 8 aliphatic carbocycles. The molecule has 16 atom stereocenters. The maximum Gasteiger partial charge on any atom is 0.408 e. The number of nitrogens with one attached hydrogen (secondary N) is 2. The molecule has 80 heavy (non-hydrogen) atoms. The number of fused-ring (bicyclic) bond motifs is 10. The van der Waals surface area contributed by atoms with E-state index in [9.17, 15) is 19.2 Å². The molecule has 2 N–H and O–H groups in total. The van der Waals surface area contributed by atoms with Crippen LogP contribution in [0.25, 0.3) is 0 Å². The fourth-order valence-corrected chi connectivity index (χ4v) is 19.3. The number of carbonyl (C=O) groups is 4. The van der Waals surface area contributed by atoms with Crippen molar-refractivity contribution in [1.82, 2.24) is 10.6 Å². The minimum absolute atomic E-state index is 0.0770. The van der Waals surface area contributed by atoms with Gasteiger partial charge in [-0.25, -0.2) is 9.59 Å². The van der Waals surface area contributed by atoms with Crippen molar-refractivity contribution in [2.75, 3.05) is 26.3 Å². The van der Waals surface area contributed by atoms with E-state index < -0.39 is 12.2 Å². The van der Waals surface area contributed by atoms with Crippen LogP contribution >= 0.6 is 0 Å². The maximum absolute atomic E-state index is 12.9. The molecule has 0 radical (unpaired) electrons. The summed E-state index contributed by atoms with van der Waals surface area (Å²) in [6.07, 6.45) is 32.4. The van der Waals surface area contributed by atoms with Crippen LogP contribution in [0, 0.1) is 116 Å². The van der Waals surface area contributed by atoms with Gasteiger partial charge in [-0.2, -0.15) is 0 Å². The van der Waals surface area contributed by atoms with Crippen molar-refractivity contribution in [3.63, 3.8) is 0 Å². The number of esters is 2. The fourth-order valence-electron chi connectivity index (χ4n) is 19.3. The summed E-state index contributed by atoms with van der Waals surface area (Å²) < 4.78 is 22.3. The highest BCUT2D eigenvalue weighted by Crippen LogP contribution is 2.69. The van der Waals surface area contributed by atoms with Crippen LogP contribution in [0.5, 0.6) is 0 Å². The Morgan fingerprint density at radius 2 is 0.938 bits per heavy atom. The summed E-state index contributed by atoms with van der Waals surface area (Å²) in [6, 6.07) is 0. The van der Waals surface area contributed by atoms with Gasteiger partial charge in [0.05, 0.1) is 0 Å². The smallest absolute Gasteiger partial charge is 0.408 e. The molecule has 6 saturated carbocycles. The first-order valence-corrected chi connectivity index (χ1v) is 32.8. The number of carbonyl (C=O) groups excluding carboxylic acids is 4. The third-order valence-corrected chi connectivity index (χ3v) is 23.6.